The number of hydrogen-bond donors (Lipinski definition) is 5. The van der Waals surface area contributed by atoms with Gasteiger partial charge in [0, 0.05) is 18.7 Å². The lowest BCUT2D eigenvalue weighted by Crippen LogP contribution is -2.31. The molecule has 0 spiro atoms. The molecule has 0 aromatic rings. The maximum atomic E-state index is 11.6. The first kappa shape index (κ1) is 50.1. The van der Waals surface area contributed by atoms with Crippen LogP contribution in [-0.2, 0) is 14.4 Å². The predicted octanol–water partition coefficient (Wildman–Crippen LogP) is 5.63. The van der Waals surface area contributed by atoms with E-state index in [-0.39, 0.29) is 18.4 Å². The van der Waals surface area contributed by atoms with Gasteiger partial charge in [-0.1, -0.05) is 94.6 Å². The monoisotopic (exact) mass is 563 g/mol. The van der Waals surface area contributed by atoms with Crippen LogP contribution in [-0.4, -0.2) is 63.5 Å². The second-order valence-corrected chi connectivity index (χ2v) is 9.00. The van der Waals surface area contributed by atoms with Crippen molar-refractivity contribution < 1.29 is 19.5 Å². The lowest BCUT2D eigenvalue weighted by molar-refractivity contribution is -0.117. The first-order valence-electron chi connectivity index (χ1n) is 15.0. The van der Waals surface area contributed by atoms with Crippen molar-refractivity contribution in [3.8, 4) is 0 Å². The molecule has 2 atom stereocenters. The molecule has 2 aliphatic rings. The minimum atomic E-state index is 0.0231. The van der Waals surface area contributed by atoms with Gasteiger partial charge in [-0.15, -0.1) is 0 Å². The van der Waals surface area contributed by atoms with Gasteiger partial charge in [0.15, 0.2) is 0 Å². The number of nitrogens with two attached hydrogens (primary N) is 1. The van der Waals surface area contributed by atoms with E-state index in [9.17, 15) is 9.59 Å². The molecule has 0 saturated heterocycles. The van der Waals surface area contributed by atoms with Gasteiger partial charge in [0.05, 0.1) is 6.04 Å². The van der Waals surface area contributed by atoms with E-state index in [1.165, 1.54) is 25.7 Å². The van der Waals surface area contributed by atoms with Crippen LogP contribution in [0.3, 0.4) is 0 Å². The van der Waals surface area contributed by atoms with Gasteiger partial charge in [-0.25, -0.2) is 0 Å². The lowest BCUT2D eigenvalue weighted by atomic mass is 10.0. The van der Waals surface area contributed by atoms with E-state index < -0.39 is 0 Å². The quantitative estimate of drug-likeness (QED) is 0.164. The molecule has 39 heavy (non-hydrogen) atoms. The number of aliphatic hydroxyl groups is 1. The fourth-order valence-electron chi connectivity index (χ4n) is 2.30. The van der Waals surface area contributed by atoms with E-state index in [1.54, 1.807) is 7.05 Å². The molecule has 0 aromatic carbocycles. The number of rotatable bonds is 11. The fraction of sp³-hybridized carbons (Fsp3) is 0.839. The zero-order valence-corrected chi connectivity index (χ0v) is 28.0. The number of nitrogens with one attached hydrogen (secondary N) is 3. The highest BCUT2D eigenvalue weighted by Gasteiger charge is 2.23. The van der Waals surface area contributed by atoms with Crippen LogP contribution in [0.5, 0.6) is 0 Å². The molecule has 0 aliphatic heterocycles. The Balaban J connectivity index is -0.0000000988. The highest BCUT2D eigenvalue weighted by molar-refractivity contribution is 5.93. The van der Waals surface area contributed by atoms with Crippen LogP contribution >= 0.6 is 0 Å². The van der Waals surface area contributed by atoms with Crippen molar-refractivity contribution in [2.45, 2.75) is 132 Å². The summed E-state index contributed by atoms with van der Waals surface area (Å²) in [5.41, 5.74) is 4.91. The highest BCUT2D eigenvalue weighted by Crippen LogP contribution is 2.20. The molecule has 238 valence electrons. The highest BCUT2D eigenvalue weighted by atomic mass is 16.2. The molecule has 8 nitrogen and oxygen atoms in total. The minimum absolute atomic E-state index is 0.0231. The zero-order valence-electron chi connectivity index (χ0n) is 28.0. The Hall–Kier alpha value is -1.77. The number of aliphatic hydroxyl groups excluding tert-OH is 1. The smallest absolute Gasteiger partial charge is 0.246 e. The Labute approximate surface area is 243 Å². The standard InChI is InChI=1S/C13H24N2O.C6H13NO.C3H6.C3H8.2C2H6.CH3NO.CH4O/c1-10(9-14-3)5-4-6-11(2)13(16)15-12-7-8-12;1-5(2)6(4-8)7-3;1-2-3-1;1-3-2;2*1-2;2-1-3;1-2/h10,12,14H,2,4-9H2,1,3H3,(H,15,16);4-7H,1-3H3;1-3H2;3H2,1-2H3;2*1-2H3;1H,(H2,2,3);2H,1H3. The third-order valence-corrected chi connectivity index (χ3v) is 4.51. The van der Waals surface area contributed by atoms with Gasteiger partial charge < -0.3 is 31.6 Å². The van der Waals surface area contributed by atoms with Gasteiger partial charge in [-0.3, -0.25) is 9.59 Å². The van der Waals surface area contributed by atoms with Crippen molar-refractivity contribution in [3.05, 3.63) is 12.2 Å². The number of likely N-dealkylation sites (N-methyl/N-ethyl adjacent to an activating group) is 1. The zero-order chi connectivity index (χ0) is 32.1. The van der Waals surface area contributed by atoms with Crippen LogP contribution in [0.25, 0.3) is 0 Å². The summed E-state index contributed by atoms with van der Waals surface area (Å²) in [6.45, 7) is 23.4. The summed E-state index contributed by atoms with van der Waals surface area (Å²) in [4.78, 5) is 30.3. The Morgan fingerprint density at radius 1 is 1.00 bits per heavy atom. The van der Waals surface area contributed by atoms with Gasteiger partial charge >= 0.3 is 0 Å². The van der Waals surface area contributed by atoms with Gasteiger partial charge in [0.2, 0.25) is 12.3 Å². The molecule has 0 radical (unpaired) electrons. The van der Waals surface area contributed by atoms with Gasteiger partial charge in [0.25, 0.3) is 0 Å². The van der Waals surface area contributed by atoms with E-state index in [2.05, 4.69) is 49.0 Å². The largest absolute Gasteiger partial charge is 0.400 e. The van der Waals surface area contributed by atoms with E-state index in [0.717, 1.165) is 57.6 Å². The summed E-state index contributed by atoms with van der Waals surface area (Å²) in [7, 11) is 4.76. The normalized spacial score (nSPS) is 12.9. The van der Waals surface area contributed by atoms with E-state index >= 15 is 0 Å². The summed E-state index contributed by atoms with van der Waals surface area (Å²) in [5.74, 6) is 1.13. The molecule has 2 aliphatic carbocycles. The molecule has 6 N–H and O–H groups in total. The van der Waals surface area contributed by atoms with Crippen molar-refractivity contribution in [1.29, 1.82) is 0 Å². The third kappa shape index (κ3) is 57.3. The molecule has 2 rings (SSSR count). The fourth-order valence-corrected chi connectivity index (χ4v) is 2.30. The first-order valence-corrected chi connectivity index (χ1v) is 15.0. The third-order valence-electron chi connectivity index (χ3n) is 4.51. The maximum absolute atomic E-state index is 11.6. The Kier molecular flexibility index (Phi) is 59.2. The summed E-state index contributed by atoms with van der Waals surface area (Å²) in [6.07, 6.45) is 12.2. The van der Waals surface area contributed by atoms with Gasteiger partial charge in [-0.05, 0) is 64.6 Å². The molecule has 8 heteroatoms. The van der Waals surface area contributed by atoms with Crippen LogP contribution in [0.2, 0.25) is 0 Å². The Bertz CT molecular complexity index is 480. The van der Waals surface area contributed by atoms with E-state index in [1.807, 2.05) is 48.6 Å². The summed E-state index contributed by atoms with van der Waals surface area (Å²) in [6, 6.07) is 0.461. The second-order valence-electron chi connectivity index (χ2n) is 9.00. The number of aldehydes is 1. The Morgan fingerprint density at radius 2 is 1.41 bits per heavy atom. The molecular weight excluding hydrogens is 492 g/mol. The van der Waals surface area contributed by atoms with Crippen LogP contribution < -0.4 is 21.7 Å². The van der Waals surface area contributed by atoms with Gasteiger partial charge in [0.1, 0.15) is 6.29 Å². The van der Waals surface area contributed by atoms with Crippen molar-refractivity contribution in [2.24, 2.45) is 17.6 Å². The second kappa shape index (κ2) is 46.1. The molecule has 0 aromatic heterocycles. The first-order chi connectivity index (χ1) is 18.7. The number of carbonyl (C=O) groups excluding carboxylic acids is 3. The SMILES string of the molecule is C1CC1.C=C(CCCC(C)CNC)C(=O)NC1CC1.CC.CC.CCC.CNC(C=O)C(C)C.CO.NC=O. The number of hydrogen-bond acceptors (Lipinski definition) is 6. The molecule has 2 saturated carbocycles. The van der Waals surface area contributed by atoms with Crippen molar-refractivity contribution in [3.63, 3.8) is 0 Å². The van der Waals surface area contributed by atoms with Crippen LogP contribution in [0.1, 0.15) is 120 Å². The molecule has 0 heterocycles. The average molecular weight is 563 g/mol. The summed E-state index contributed by atoms with van der Waals surface area (Å²) >= 11 is 0. The maximum Gasteiger partial charge on any atom is 0.246 e. The minimum Gasteiger partial charge on any atom is -0.400 e. The summed E-state index contributed by atoms with van der Waals surface area (Å²) in [5, 5.41) is 16.0. The van der Waals surface area contributed by atoms with Crippen LogP contribution in [0, 0.1) is 11.8 Å². The molecule has 2 amide bonds. The van der Waals surface area contributed by atoms with Crippen LogP contribution in [0.15, 0.2) is 12.2 Å². The molecule has 0 bridgehead atoms. The van der Waals surface area contributed by atoms with E-state index in [4.69, 9.17) is 9.90 Å². The van der Waals surface area contributed by atoms with Gasteiger partial charge in [-0.2, -0.15) is 0 Å². The number of carbonyl (C=O) groups is 3. The van der Waals surface area contributed by atoms with Crippen molar-refractivity contribution >= 4 is 18.6 Å². The molecular formula is C31H70N4O4. The van der Waals surface area contributed by atoms with Crippen LogP contribution in [0.4, 0.5) is 0 Å². The van der Waals surface area contributed by atoms with E-state index in [0.29, 0.717) is 17.9 Å². The topological polar surface area (TPSA) is 134 Å². The molecule has 2 unspecified atom stereocenters. The van der Waals surface area contributed by atoms with Crippen molar-refractivity contribution in [1.82, 2.24) is 16.0 Å². The summed E-state index contributed by atoms with van der Waals surface area (Å²) < 4.78 is 0. The number of primary amides is 1. The lowest BCUT2D eigenvalue weighted by Gasteiger charge is -2.11. The predicted molar refractivity (Wildman–Crippen MR) is 172 cm³/mol. The molecule has 2 fully saturated rings. The Morgan fingerprint density at radius 3 is 1.64 bits per heavy atom. The van der Waals surface area contributed by atoms with Crippen molar-refractivity contribution in [2.75, 3.05) is 27.7 Å². The number of amides is 2. The average Bonchev–Trinajstić information content (AvgIpc) is 3.84.